The van der Waals surface area contributed by atoms with Gasteiger partial charge in [-0.1, -0.05) is 36.2 Å². The lowest BCUT2D eigenvalue weighted by Gasteiger charge is -2.11. The van der Waals surface area contributed by atoms with Gasteiger partial charge in [-0.15, -0.1) is 0 Å². The smallest absolute Gasteiger partial charge is 0.416 e. The highest BCUT2D eigenvalue weighted by atomic mass is 35.5. The van der Waals surface area contributed by atoms with E-state index >= 15 is 0 Å². The Hall–Kier alpha value is -2.58. The normalized spacial score (nSPS) is 11.4. The summed E-state index contributed by atoms with van der Waals surface area (Å²) >= 11 is 12.1. The van der Waals surface area contributed by atoms with E-state index in [1.165, 1.54) is 12.4 Å². The number of aromatic nitrogens is 3. The van der Waals surface area contributed by atoms with E-state index in [9.17, 15) is 13.2 Å². The molecular formula is C20H17Cl2F3N4O. The van der Waals surface area contributed by atoms with Crippen LogP contribution in [-0.4, -0.2) is 21.5 Å². The number of benzene rings is 1. The molecule has 0 bridgehead atoms. The molecule has 0 radical (unpaired) electrons. The number of nitrogens with one attached hydrogen (secondary N) is 1. The van der Waals surface area contributed by atoms with Gasteiger partial charge in [0.05, 0.1) is 16.3 Å². The molecule has 2 aromatic heterocycles. The third-order valence-corrected chi connectivity index (χ3v) is 4.87. The highest BCUT2D eigenvalue weighted by molar-refractivity contribution is 6.33. The van der Waals surface area contributed by atoms with Gasteiger partial charge in [0.2, 0.25) is 5.88 Å². The lowest BCUT2D eigenvalue weighted by Crippen LogP contribution is -2.08. The van der Waals surface area contributed by atoms with E-state index in [0.717, 1.165) is 23.4 Å². The van der Waals surface area contributed by atoms with Crippen LogP contribution in [0.2, 0.25) is 10.0 Å². The van der Waals surface area contributed by atoms with Crippen molar-refractivity contribution in [1.29, 1.82) is 0 Å². The predicted molar refractivity (Wildman–Crippen MR) is 109 cm³/mol. The summed E-state index contributed by atoms with van der Waals surface area (Å²) in [6, 6.07) is 6.32. The summed E-state index contributed by atoms with van der Waals surface area (Å²) in [6.07, 6.45) is -0.0220. The highest BCUT2D eigenvalue weighted by Crippen LogP contribution is 2.36. The van der Waals surface area contributed by atoms with Crippen molar-refractivity contribution in [2.24, 2.45) is 0 Å². The van der Waals surface area contributed by atoms with Crippen LogP contribution in [0.5, 0.6) is 11.6 Å². The number of aryl methyl sites for hydroxylation is 1. The maximum absolute atomic E-state index is 12.7. The molecule has 0 saturated carbocycles. The van der Waals surface area contributed by atoms with Crippen molar-refractivity contribution in [3.05, 3.63) is 69.7 Å². The summed E-state index contributed by atoms with van der Waals surface area (Å²) in [5, 5.41) is 3.53. The average Bonchev–Trinajstić information content (AvgIpc) is 2.71. The first kappa shape index (κ1) is 22.1. The third kappa shape index (κ3) is 5.52. The summed E-state index contributed by atoms with van der Waals surface area (Å²) in [6.45, 7) is 2.54. The van der Waals surface area contributed by atoms with Crippen LogP contribution in [-0.2, 0) is 19.0 Å². The van der Waals surface area contributed by atoms with E-state index in [-0.39, 0.29) is 16.7 Å². The van der Waals surface area contributed by atoms with Gasteiger partial charge in [0.15, 0.2) is 0 Å². The summed E-state index contributed by atoms with van der Waals surface area (Å²) < 4.78 is 43.6. The largest absolute Gasteiger partial charge is 0.437 e. The molecule has 1 N–H and O–H groups in total. The van der Waals surface area contributed by atoms with E-state index in [1.54, 1.807) is 18.3 Å². The van der Waals surface area contributed by atoms with Crippen molar-refractivity contribution in [3.8, 4) is 11.6 Å². The molecule has 5 nitrogen and oxygen atoms in total. The van der Waals surface area contributed by atoms with E-state index in [2.05, 4.69) is 20.3 Å². The number of nitrogens with zero attached hydrogens (tertiary/aromatic N) is 3. The molecule has 0 aliphatic rings. The Morgan fingerprint density at radius 1 is 1.07 bits per heavy atom. The Balaban J connectivity index is 1.58. The van der Waals surface area contributed by atoms with Crippen LogP contribution in [0.25, 0.3) is 0 Å². The molecule has 0 aliphatic heterocycles. The van der Waals surface area contributed by atoms with Crippen LogP contribution in [0.3, 0.4) is 0 Å². The average molecular weight is 457 g/mol. The predicted octanol–water partition coefficient (Wildman–Crippen LogP) is 6.21. The number of anilines is 1. The number of pyridine rings is 1. The molecule has 0 spiro atoms. The molecule has 158 valence electrons. The number of hydrogen-bond donors (Lipinski definition) is 1. The number of rotatable bonds is 7. The monoisotopic (exact) mass is 456 g/mol. The molecule has 1 aromatic carbocycles. The molecule has 0 aliphatic carbocycles. The van der Waals surface area contributed by atoms with Crippen molar-refractivity contribution in [2.75, 3.05) is 11.9 Å². The van der Waals surface area contributed by atoms with Gasteiger partial charge in [0.25, 0.3) is 0 Å². The Morgan fingerprint density at radius 3 is 2.50 bits per heavy atom. The second-order valence-electron chi connectivity index (χ2n) is 6.26. The quantitative estimate of drug-likeness (QED) is 0.458. The van der Waals surface area contributed by atoms with Crippen molar-refractivity contribution in [3.63, 3.8) is 0 Å². The molecule has 2 heterocycles. The highest BCUT2D eigenvalue weighted by Gasteiger charge is 2.31. The van der Waals surface area contributed by atoms with Gasteiger partial charge in [-0.25, -0.2) is 15.0 Å². The summed E-state index contributed by atoms with van der Waals surface area (Å²) in [4.78, 5) is 12.4. The van der Waals surface area contributed by atoms with Gasteiger partial charge >= 0.3 is 6.18 Å². The SMILES string of the molecule is CCc1ncnc(NCCc2ccc(Oc3ccc(C(F)(F)F)cc3Cl)nc2)c1Cl. The van der Waals surface area contributed by atoms with Crippen molar-refractivity contribution < 1.29 is 17.9 Å². The number of alkyl halides is 3. The zero-order valence-corrected chi connectivity index (χ0v) is 17.3. The minimum atomic E-state index is -4.47. The van der Waals surface area contributed by atoms with E-state index in [0.29, 0.717) is 30.2 Å². The Bertz CT molecular complexity index is 1010. The molecule has 0 fully saturated rings. The lowest BCUT2D eigenvalue weighted by atomic mass is 10.2. The summed E-state index contributed by atoms with van der Waals surface area (Å²) in [5.74, 6) is 0.893. The van der Waals surface area contributed by atoms with E-state index < -0.39 is 11.7 Å². The Morgan fingerprint density at radius 2 is 1.87 bits per heavy atom. The molecule has 3 rings (SSSR count). The molecule has 3 aromatic rings. The first-order valence-corrected chi connectivity index (χ1v) is 9.76. The summed E-state index contributed by atoms with van der Waals surface area (Å²) in [5.41, 5.74) is 0.860. The molecule has 0 atom stereocenters. The fourth-order valence-corrected chi connectivity index (χ4v) is 3.11. The number of hydrogen-bond acceptors (Lipinski definition) is 5. The van der Waals surface area contributed by atoms with E-state index in [4.69, 9.17) is 27.9 Å². The maximum Gasteiger partial charge on any atom is 0.416 e. The maximum atomic E-state index is 12.7. The topological polar surface area (TPSA) is 59.9 Å². The van der Waals surface area contributed by atoms with Gasteiger partial charge < -0.3 is 10.1 Å². The summed E-state index contributed by atoms with van der Waals surface area (Å²) in [7, 11) is 0. The van der Waals surface area contributed by atoms with Crippen molar-refractivity contribution in [1.82, 2.24) is 15.0 Å². The van der Waals surface area contributed by atoms with Crippen LogP contribution in [0.1, 0.15) is 23.7 Å². The van der Waals surface area contributed by atoms with Crippen LogP contribution < -0.4 is 10.1 Å². The minimum absolute atomic E-state index is 0.0942. The van der Waals surface area contributed by atoms with E-state index in [1.807, 2.05) is 6.92 Å². The van der Waals surface area contributed by atoms with Gasteiger partial charge in [-0.05, 0) is 36.6 Å². The molecule has 0 saturated heterocycles. The standard InChI is InChI=1S/C20H17Cl2F3N4O/c1-2-15-18(22)19(29-11-28-15)26-8-7-12-3-6-17(27-10-12)30-16-5-4-13(9-14(16)21)20(23,24)25/h3-6,9-11H,2,7-8H2,1H3,(H,26,28,29). The molecular weight excluding hydrogens is 440 g/mol. The van der Waals surface area contributed by atoms with Crippen molar-refractivity contribution >= 4 is 29.0 Å². The second kappa shape index (κ2) is 9.49. The van der Waals surface area contributed by atoms with Gasteiger partial charge in [0.1, 0.15) is 22.9 Å². The van der Waals surface area contributed by atoms with Gasteiger partial charge in [-0.3, -0.25) is 0 Å². The third-order valence-electron chi connectivity index (χ3n) is 4.17. The van der Waals surface area contributed by atoms with Gasteiger partial charge in [-0.2, -0.15) is 13.2 Å². The van der Waals surface area contributed by atoms with Crippen molar-refractivity contribution in [2.45, 2.75) is 25.9 Å². The van der Waals surface area contributed by atoms with Gasteiger partial charge in [0, 0.05) is 18.8 Å². The first-order valence-electron chi connectivity index (χ1n) is 9.00. The molecule has 10 heteroatoms. The van der Waals surface area contributed by atoms with Crippen LogP contribution in [0.4, 0.5) is 19.0 Å². The molecule has 30 heavy (non-hydrogen) atoms. The fraction of sp³-hybridized carbons (Fsp3) is 0.250. The first-order chi connectivity index (χ1) is 14.3. The zero-order chi connectivity index (χ0) is 21.7. The zero-order valence-electron chi connectivity index (χ0n) is 15.8. The minimum Gasteiger partial charge on any atom is -0.437 e. The lowest BCUT2D eigenvalue weighted by molar-refractivity contribution is -0.137. The second-order valence-corrected chi connectivity index (χ2v) is 7.05. The number of halogens is 5. The van der Waals surface area contributed by atoms with Crippen LogP contribution in [0.15, 0.2) is 42.9 Å². The number of ether oxygens (including phenoxy) is 1. The Kier molecular flexibility index (Phi) is 6.99. The molecule has 0 unspecified atom stereocenters. The fourth-order valence-electron chi connectivity index (χ4n) is 2.59. The van der Waals surface area contributed by atoms with Crippen LogP contribution >= 0.6 is 23.2 Å². The van der Waals surface area contributed by atoms with Crippen LogP contribution in [0, 0.1) is 0 Å². The molecule has 0 amide bonds. The Labute approximate surface area is 181 Å².